The predicted molar refractivity (Wildman–Crippen MR) is 82.7 cm³/mol. The molecule has 0 radical (unpaired) electrons. The number of amides is 1. The van der Waals surface area contributed by atoms with Gasteiger partial charge in [0.2, 0.25) is 5.91 Å². The zero-order valence-corrected chi connectivity index (χ0v) is 13.5. The van der Waals surface area contributed by atoms with Crippen molar-refractivity contribution in [3.8, 4) is 0 Å². The van der Waals surface area contributed by atoms with E-state index in [-0.39, 0.29) is 5.41 Å². The summed E-state index contributed by atoms with van der Waals surface area (Å²) in [5.74, 6) is 0.387. The summed E-state index contributed by atoms with van der Waals surface area (Å²) in [7, 11) is 4.17. The molecule has 1 N–H and O–H groups in total. The van der Waals surface area contributed by atoms with E-state index in [1.54, 1.807) is 0 Å². The number of hydrogen-bond acceptors (Lipinski definition) is 3. The Morgan fingerprint density at radius 1 is 1.20 bits per heavy atom. The third-order valence-corrected chi connectivity index (χ3v) is 4.93. The molecule has 20 heavy (non-hydrogen) atoms. The highest BCUT2D eigenvalue weighted by atomic mass is 16.2. The lowest BCUT2D eigenvalue weighted by Gasteiger charge is -2.40. The van der Waals surface area contributed by atoms with Crippen molar-refractivity contribution in [1.82, 2.24) is 15.1 Å². The van der Waals surface area contributed by atoms with Gasteiger partial charge in [0.1, 0.15) is 0 Å². The summed E-state index contributed by atoms with van der Waals surface area (Å²) >= 11 is 0. The number of carbonyl (C=O) groups is 1. The standard InChI is InChI=1S/C16H31N3O/c1-16(9-6-10-17-13-16)15(20)19(12-11-18(2)3)14-7-4-5-8-14/h14,17H,4-13H2,1-3H3. The topological polar surface area (TPSA) is 35.6 Å². The first-order chi connectivity index (χ1) is 9.53. The predicted octanol–water partition coefficient (Wildman–Crippen LogP) is 1.71. The van der Waals surface area contributed by atoms with Crippen LogP contribution in [0.3, 0.4) is 0 Å². The molecule has 1 aliphatic heterocycles. The van der Waals surface area contributed by atoms with E-state index in [1.807, 2.05) is 0 Å². The van der Waals surface area contributed by atoms with Crippen LogP contribution in [-0.2, 0) is 4.79 Å². The summed E-state index contributed by atoms with van der Waals surface area (Å²) in [6.45, 7) is 5.90. The first kappa shape index (κ1) is 15.8. The molecule has 0 aromatic carbocycles. The van der Waals surface area contributed by atoms with Crippen molar-refractivity contribution >= 4 is 5.91 Å². The van der Waals surface area contributed by atoms with Gasteiger partial charge in [0.05, 0.1) is 5.41 Å². The minimum atomic E-state index is -0.187. The van der Waals surface area contributed by atoms with E-state index in [2.05, 4.69) is 36.1 Å². The largest absolute Gasteiger partial charge is 0.338 e. The Morgan fingerprint density at radius 3 is 2.45 bits per heavy atom. The number of piperidine rings is 1. The lowest BCUT2D eigenvalue weighted by Crippen LogP contribution is -2.54. The molecule has 0 aromatic heterocycles. The monoisotopic (exact) mass is 281 g/mol. The summed E-state index contributed by atoms with van der Waals surface area (Å²) in [6, 6.07) is 0.487. The molecule has 1 saturated carbocycles. The second kappa shape index (κ2) is 6.90. The molecule has 0 spiro atoms. The molecule has 1 unspecified atom stereocenters. The van der Waals surface area contributed by atoms with Crippen LogP contribution in [0.15, 0.2) is 0 Å². The van der Waals surface area contributed by atoms with Crippen molar-refractivity contribution in [3.63, 3.8) is 0 Å². The maximum atomic E-state index is 13.1. The lowest BCUT2D eigenvalue weighted by molar-refractivity contribution is -0.144. The van der Waals surface area contributed by atoms with Crippen LogP contribution in [0, 0.1) is 5.41 Å². The quantitative estimate of drug-likeness (QED) is 0.833. The summed E-state index contributed by atoms with van der Waals surface area (Å²) in [6.07, 6.45) is 7.11. The minimum Gasteiger partial charge on any atom is -0.338 e. The van der Waals surface area contributed by atoms with Gasteiger partial charge in [-0.25, -0.2) is 0 Å². The van der Waals surface area contributed by atoms with Gasteiger partial charge >= 0.3 is 0 Å². The van der Waals surface area contributed by atoms with E-state index in [0.717, 1.165) is 39.0 Å². The molecular weight excluding hydrogens is 250 g/mol. The molecule has 116 valence electrons. The molecule has 4 heteroatoms. The average molecular weight is 281 g/mol. The van der Waals surface area contributed by atoms with Gasteiger partial charge in [-0.05, 0) is 53.2 Å². The van der Waals surface area contributed by atoms with Gasteiger partial charge in [0.15, 0.2) is 0 Å². The summed E-state index contributed by atoms with van der Waals surface area (Å²) in [5.41, 5.74) is -0.187. The van der Waals surface area contributed by atoms with Gasteiger partial charge in [0.25, 0.3) is 0 Å². The highest BCUT2D eigenvalue weighted by molar-refractivity contribution is 5.83. The number of rotatable bonds is 5. The van der Waals surface area contributed by atoms with Gasteiger partial charge in [-0.3, -0.25) is 4.79 Å². The van der Waals surface area contributed by atoms with Crippen molar-refractivity contribution in [2.24, 2.45) is 5.41 Å². The minimum absolute atomic E-state index is 0.187. The number of nitrogens with one attached hydrogen (secondary N) is 1. The van der Waals surface area contributed by atoms with Crippen LogP contribution < -0.4 is 5.32 Å². The van der Waals surface area contributed by atoms with Gasteiger partial charge in [-0.2, -0.15) is 0 Å². The molecule has 0 bridgehead atoms. The molecular formula is C16H31N3O. The van der Waals surface area contributed by atoms with E-state index in [1.165, 1.54) is 25.7 Å². The van der Waals surface area contributed by atoms with Crippen LogP contribution in [0.1, 0.15) is 45.4 Å². The Hall–Kier alpha value is -0.610. The molecule has 4 nitrogen and oxygen atoms in total. The van der Waals surface area contributed by atoms with E-state index >= 15 is 0 Å². The fraction of sp³-hybridized carbons (Fsp3) is 0.938. The maximum absolute atomic E-state index is 13.1. The van der Waals surface area contributed by atoms with E-state index in [4.69, 9.17) is 0 Å². The van der Waals surface area contributed by atoms with E-state index in [9.17, 15) is 4.79 Å². The van der Waals surface area contributed by atoms with Crippen molar-refractivity contribution in [3.05, 3.63) is 0 Å². The molecule has 1 saturated heterocycles. The van der Waals surface area contributed by atoms with Crippen molar-refractivity contribution in [2.75, 3.05) is 40.3 Å². The third kappa shape index (κ3) is 3.73. The van der Waals surface area contributed by atoms with Crippen molar-refractivity contribution in [2.45, 2.75) is 51.5 Å². The molecule has 1 atom stereocenters. The number of nitrogens with zero attached hydrogens (tertiary/aromatic N) is 2. The molecule has 0 aromatic rings. The van der Waals surface area contributed by atoms with Crippen LogP contribution >= 0.6 is 0 Å². The second-order valence-electron chi connectivity index (χ2n) is 7.08. The lowest BCUT2D eigenvalue weighted by atomic mass is 9.81. The zero-order valence-electron chi connectivity index (χ0n) is 13.5. The van der Waals surface area contributed by atoms with Crippen LogP contribution in [0.5, 0.6) is 0 Å². The highest BCUT2D eigenvalue weighted by Crippen LogP contribution is 2.32. The Kier molecular flexibility index (Phi) is 5.44. The number of carbonyl (C=O) groups excluding carboxylic acids is 1. The summed E-state index contributed by atoms with van der Waals surface area (Å²) < 4.78 is 0. The van der Waals surface area contributed by atoms with E-state index < -0.39 is 0 Å². The van der Waals surface area contributed by atoms with Crippen LogP contribution in [0.2, 0.25) is 0 Å². The van der Waals surface area contributed by atoms with Crippen LogP contribution in [-0.4, -0.2) is 62.0 Å². The molecule has 2 aliphatic rings. The van der Waals surface area contributed by atoms with Gasteiger partial charge in [-0.1, -0.05) is 12.8 Å². The molecule has 1 amide bonds. The second-order valence-corrected chi connectivity index (χ2v) is 7.08. The average Bonchev–Trinajstić information content (AvgIpc) is 2.93. The normalized spacial score (nSPS) is 28.0. The Bertz CT molecular complexity index is 318. The summed E-state index contributed by atoms with van der Waals surface area (Å²) in [5, 5.41) is 3.41. The SMILES string of the molecule is CN(C)CCN(C(=O)C1(C)CCCNC1)C1CCCC1. The van der Waals surface area contributed by atoms with Crippen LogP contribution in [0.25, 0.3) is 0 Å². The van der Waals surface area contributed by atoms with Gasteiger partial charge in [-0.15, -0.1) is 0 Å². The smallest absolute Gasteiger partial charge is 0.230 e. The Morgan fingerprint density at radius 2 is 1.90 bits per heavy atom. The fourth-order valence-electron chi connectivity index (χ4n) is 3.56. The zero-order chi connectivity index (χ0) is 14.6. The molecule has 1 aliphatic carbocycles. The highest BCUT2D eigenvalue weighted by Gasteiger charge is 2.40. The Balaban J connectivity index is 2.05. The van der Waals surface area contributed by atoms with E-state index in [0.29, 0.717) is 11.9 Å². The molecule has 2 rings (SSSR count). The summed E-state index contributed by atoms with van der Waals surface area (Å²) in [4.78, 5) is 17.5. The van der Waals surface area contributed by atoms with Crippen LogP contribution in [0.4, 0.5) is 0 Å². The third-order valence-electron chi connectivity index (χ3n) is 4.93. The first-order valence-electron chi connectivity index (χ1n) is 8.19. The maximum Gasteiger partial charge on any atom is 0.230 e. The number of likely N-dealkylation sites (N-methyl/N-ethyl adjacent to an activating group) is 1. The Labute approximate surface area is 123 Å². The number of hydrogen-bond donors (Lipinski definition) is 1. The fourth-order valence-corrected chi connectivity index (χ4v) is 3.56. The van der Waals surface area contributed by atoms with Gasteiger partial charge < -0.3 is 15.1 Å². The van der Waals surface area contributed by atoms with Gasteiger partial charge in [0, 0.05) is 25.7 Å². The molecule has 1 heterocycles. The van der Waals surface area contributed by atoms with Crippen molar-refractivity contribution < 1.29 is 4.79 Å². The molecule has 2 fully saturated rings. The first-order valence-corrected chi connectivity index (χ1v) is 8.19. The van der Waals surface area contributed by atoms with Crippen molar-refractivity contribution in [1.29, 1.82) is 0 Å².